The van der Waals surface area contributed by atoms with Crippen molar-refractivity contribution < 1.29 is 19.5 Å². The quantitative estimate of drug-likeness (QED) is 0.542. The molecular formula is C20H17N5O4. The minimum absolute atomic E-state index is 0.0914. The molecule has 146 valence electrons. The van der Waals surface area contributed by atoms with Crippen LogP contribution in [0.15, 0.2) is 42.5 Å². The van der Waals surface area contributed by atoms with E-state index in [-0.39, 0.29) is 22.8 Å². The fourth-order valence-electron chi connectivity index (χ4n) is 2.91. The Morgan fingerprint density at radius 3 is 2.48 bits per heavy atom. The standard InChI is InChI=1S/C20H17N5O4/c1-22-20(29)23-13-5-4-12-8-17(25(2)16(12)9-13)18(26)24-15-6-3-11(10-21)7-14(15)19(27)28/h3-9H,1-2H3,(H,24,26)(H,27,28)(H2,22,23,29). The van der Waals surface area contributed by atoms with E-state index in [9.17, 15) is 19.5 Å². The van der Waals surface area contributed by atoms with Gasteiger partial charge in [0.2, 0.25) is 0 Å². The third-order valence-corrected chi connectivity index (χ3v) is 4.39. The normalized spacial score (nSPS) is 10.2. The summed E-state index contributed by atoms with van der Waals surface area (Å²) in [6.07, 6.45) is 0. The molecule has 0 radical (unpaired) electrons. The Balaban J connectivity index is 1.94. The fraction of sp³-hybridized carbons (Fsp3) is 0.100. The van der Waals surface area contributed by atoms with Crippen LogP contribution in [-0.4, -0.2) is 34.6 Å². The Morgan fingerprint density at radius 2 is 1.83 bits per heavy atom. The van der Waals surface area contributed by atoms with Crippen molar-refractivity contribution in [2.75, 3.05) is 17.7 Å². The van der Waals surface area contributed by atoms with Crippen LogP contribution in [0, 0.1) is 11.3 Å². The molecule has 2 aromatic carbocycles. The number of hydrogen-bond acceptors (Lipinski definition) is 4. The number of aromatic carboxylic acids is 1. The van der Waals surface area contributed by atoms with Crippen molar-refractivity contribution in [3.05, 3.63) is 59.3 Å². The van der Waals surface area contributed by atoms with E-state index in [1.54, 1.807) is 35.9 Å². The summed E-state index contributed by atoms with van der Waals surface area (Å²) in [6, 6.07) is 12.4. The number of urea groups is 1. The van der Waals surface area contributed by atoms with Gasteiger partial charge >= 0.3 is 12.0 Å². The summed E-state index contributed by atoms with van der Waals surface area (Å²) < 4.78 is 1.64. The number of nitriles is 1. The predicted molar refractivity (Wildman–Crippen MR) is 107 cm³/mol. The molecule has 3 amide bonds. The van der Waals surface area contributed by atoms with Crippen LogP contribution in [0.4, 0.5) is 16.2 Å². The van der Waals surface area contributed by atoms with Crippen LogP contribution in [0.25, 0.3) is 10.9 Å². The maximum atomic E-state index is 12.8. The summed E-state index contributed by atoms with van der Waals surface area (Å²) in [4.78, 5) is 35.7. The molecule has 0 fully saturated rings. The molecular weight excluding hydrogens is 374 g/mol. The van der Waals surface area contributed by atoms with Crippen LogP contribution in [0.2, 0.25) is 0 Å². The largest absolute Gasteiger partial charge is 0.478 e. The molecule has 0 saturated heterocycles. The number of aryl methyl sites for hydroxylation is 1. The Bertz CT molecular complexity index is 1190. The Kier molecular flexibility index (Phi) is 5.19. The molecule has 9 nitrogen and oxygen atoms in total. The number of carbonyl (C=O) groups is 3. The molecule has 0 spiro atoms. The number of nitrogens with zero attached hydrogens (tertiary/aromatic N) is 2. The molecule has 0 bridgehead atoms. The van der Waals surface area contributed by atoms with Crippen molar-refractivity contribution in [2.24, 2.45) is 7.05 Å². The van der Waals surface area contributed by atoms with Gasteiger partial charge in [0.25, 0.3) is 5.91 Å². The summed E-state index contributed by atoms with van der Waals surface area (Å²) in [5, 5.41) is 26.8. The van der Waals surface area contributed by atoms with Gasteiger partial charge in [0, 0.05) is 25.2 Å². The van der Waals surface area contributed by atoms with Gasteiger partial charge in [-0.2, -0.15) is 5.26 Å². The van der Waals surface area contributed by atoms with Crippen LogP contribution in [0.1, 0.15) is 26.4 Å². The minimum Gasteiger partial charge on any atom is -0.478 e. The van der Waals surface area contributed by atoms with Crippen LogP contribution in [0.3, 0.4) is 0 Å². The Labute approximate surface area is 165 Å². The number of carboxylic acid groups (broad SMARTS) is 1. The topological polar surface area (TPSA) is 136 Å². The third-order valence-electron chi connectivity index (χ3n) is 4.39. The molecule has 29 heavy (non-hydrogen) atoms. The van der Waals surface area contributed by atoms with E-state index in [0.717, 1.165) is 5.39 Å². The number of carboxylic acids is 1. The van der Waals surface area contributed by atoms with E-state index in [1.165, 1.54) is 25.2 Å². The molecule has 0 unspecified atom stereocenters. The molecule has 0 atom stereocenters. The van der Waals surface area contributed by atoms with E-state index < -0.39 is 11.9 Å². The van der Waals surface area contributed by atoms with Crippen molar-refractivity contribution in [3.63, 3.8) is 0 Å². The molecule has 9 heteroatoms. The van der Waals surface area contributed by atoms with Gasteiger partial charge in [0.1, 0.15) is 5.69 Å². The second kappa shape index (κ2) is 7.74. The number of carbonyl (C=O) groups excluding carboxylic acids is 2. The Morgan fingerprint density at radius 1 is 1.07 bits per heavy atom. The summed E-state index contributed by atoms with van der Waals surface area (Å²) in [6.45, 7) is 0. The lowest BCUT2D eigenvalue weighted by Gasteiger charge is -2.10. The lowest BCUT2D eigenvalue weighted by Crippen LogP contribution is -2.24. The zero-order chi connectivity index (χ0) is 21.1. The van der Waals surface area contributed by atoms with Gasteiger partial charge in [-0.3, -0.25) is 4.79 Å². The monoisotopic (exact) mass is 391 g/mol. The highest BCUT2D eigenvalue weighted by molar-refractivity contribution is 6.09. The first-order valence-electron chi connectivity index (χ1n) is 8.51. The fourth-order valence-corrected chi connectivity index (χ4v) is 2.91. The average Bonchev–Trinajstić information content (AvgIpc) is 3.04. The number of benzene rings is 2. The second-order valence-electron chi connectivity index (χ2n) is 6.20. The van der Waals surface area contributed by atoms with E-state index >= 15 is 0 Å². The van der Waals surface area contributed by atoms with Crippen molar-refractivity contribution in [2.45, 2.75) is 0 Å². The smallest absolute Gasteiger partial charge is 0.337 e. The molecule has 0 aliphatic heterocycles. The van der Waals surface area contributed by atoms with Crippen LogP contribution < -0.4 is 16.0 Å². The number of fused-ring (bicyclic) bond motifs is 1. The minimum atomic E-state index is -1.25. The first-order valence-corrected chi connectivity index (χ1v) is 8.51. The van der Waals surface area contributed by atoms with Crippen molar-refractivity contribution in [1.29, 1.82) is 5.26 Å². The van der Waals surface area contributed by atoms with Gasteiger partial charge in [0.05, 0.1) is 28.4 Å². The van der Waals surface area contributed by atoms with Gasteiger partial charge in [0.15, 0.2) is 0 Å². The molecule has 1 aromatic heterocycles. The highest BCUT2D eigenvalue weighted by atomic mass is 16.4. The maximum absolute atomic E-state index is 12.8. The molecule has 0 aliphatic rings. The molecule has 3 aromatic rings. The van der Waals surface area contributed by atoms with Gasteiger partial charge in [-0.05, 0) is 36.4 Å². The van der Waals surface area contributed by atoms with E-state index in [2.05, 4.69) is 16.0 Å². The highest BCUT2D eigenvalue weighted by Crippen LogP contribution is 2.24. The maximum Gasteiger partial charge on any atom is 0.337 e. The second-order valence-corrected chi connectivity index (χ2v) is 6.20. The summed E-state index contributed by atoms with van der Waals surface area (Å²) in [5.74, 6) is -1.75. The molecule has 0 aliphatic carbocycles. The number of amides is 3. The number of nitrogens with one attached hydrogen (secondary N) is 3. The van der Waals surface area contributed by atoms with E-state index in [4.69, 9.17) is 5.26 Å². The van der Waals surface area contributed by atoms with E-state index in [0.29, 0.717) is 16.9 Å². The molecule has 3 rings (SSSR count). The highest BCUT2D eigenvalue weighted by Gasteiger charge is 2.18. The number of anilines is 2. The molecule has 0 saturated carbocycles. The molecule has 4 N–H and O–H groups in total. The summed E-state index contributed by atoms with van der Waals surface area (Å²) >= 11 is 0. The third kappa shape index (κ3) is 3.86. The zero-order valence-electron chi connectivity index (χ0n) is 15.6. The first kappa shape index (κ1) is 19.4. The SMILES string of the molecule is CNC(=O)Nc1ccc2cc(C(=O)Nc3ccc(C#N)cc3C(=O)O)n(C)c2c1. The first-order chi connectivity index (χ1) is 13.8. The van der Waals surface area contributed by atoms with Crippen LogP contribution in [0.5, 0.6) is 0 Å². The lowest BCUT2D eigenvalue weighted by atomic mass is 10.1. The summed E-state index contributed by atoms with van der Waals surface area (Å²) in [7, 11) is 3.20. The lowest BCUT2D eigenvalue weighted by molar-refractivity contribution is 0.0698. The van der Waals surface area contributed by atoms with Crippen LogP contribution >= 0.6 is 0 Å². The predicted octanol–water partition coefficient (Wildman–Crippen LogP) is 2.75. The van der Waals surface area contributed by atoms with Gasteiger partial charge in [-0.1, -0.05) is 6.07 Å². The Hall–Kier alpha value is -4.32. The van der Waals surface area contributed by atoms with Crippen molar-refractivity contribution >= 4 is 40.2 Å². The van der Waals surface area contributed by atoms with E-state index in [1.807, 2.05) is 6.07 Å². The van der Waals surface area contributed by atoms with Gasteiger partial charge in [-0.15, -0.1) is 0 Å². The average molecular weight is 391 g/mol. The number of aromatic nitrogens is 1. The van der Waals surface area contributed by atoms with Crippen LogP contribution in [-0.2, 0) is 7.05 Å². The number of rotatable bonds is 4. The van der Waals surface area contributed by atoms with Gasteiger partial charge in [-0.25, -0.2) is 9.59 Å². The van der Waals surface area contributed by atoms with Crippen molar-refractivity contribution in [3.8, 4) is 6.07 Å². The van der Waals surface area contributed by atoms with Crippen molar-refractivity contribution in [1.82, 2.24) is 9.88 Å². The zero-order valence-corrected chi connectivity index (χ0v) is 15.6. The number of hydrogen-bond donors (Lipinski definition) is 4. The summed E-state index contributed by atoms with van der Waals surface area (Å²) in [5.41, 5.74) is 1.67. The van der Waals surface area contributed by atoms with Gasteiger partial charge < -0.3 is 25.6 Å². The molecule has 1 heterocycles.